The molecule has 8 heteroatoms. The molecule has 2 N–H and O–H groups in total. The lowest BCUT2D eigenvalue weighted by molar-refractivity contribution is 0.0665. The van der Waals surface area contributed by atoms with E-state index in [0.29, 0.717) is 5.39 Å². The van der Waals surface area contributed by atoms with Gasteiger partial charge < -0.3 is 14.8 Å². The third-order valence-corrected chi connectivity index (χ3v) is 4.92. The Morgan fingerprint density at radius 2 is 2.09 bits per heavy atom. The molecule has 0 unspecified atom stereocenters. The van der Waals surface area contributed by atoms with Crippen LogP contribution in [0.4, 0.5) is 0 Å². The monoisotopic (exact) mass is 357 g/mol. The van der Waals surface area contributed by atoms with Gasteiger partial charge in [0, 0.05) is 29.3 Å². The molecule has 2 heterocycles. The summed E-state index contributed by atoms with van der Waals surface area (Å²) in [6, 6.07) is 2.80. The highest BCUT2D eigenvalue weighted by molar-refractivity contribution is 8.03. The summed E-state index contributed by atoms with van der Waals surface area (Å²) < 4.78 is 5.15. The number of nitrogens with one attached hydrogen (secondary N) is 1. The molecule has 3 rings (SSSR count). The third kappa shape index (κ3) is 2.69. The highest BCUT2D eigenvalue weighted by Gasteiger charge is 2.21. The molecule has 0 spiro atoms. The van der Waals surface area contributed by atoms with E-state index in [1.54, 1.807) is 11.8 Å². The van der Waals surface area contributed by atoms with Crippen LogP contribution in [0.1, 0.15) is 20.9 Å². The average molecular weight is 358 g/mol. The number of carbonyl (C=O) groups is 2. The first kappa shape index (κ1) is 15.3. The molecule has 5 nitrogen and oxygen atoms in total. The predicted octanol–water partition coefficient (Wildman–Crippen LogP) is 3.80. The van der Waals surface area contributed by atoms with Gasteiger partial charge in [-0.15, -0.1) is 11.8 Å². The van der Waals surface area contributed by atoms with Crippen LogP contribution in [0, 0.1) is 0 Å². The Bertz CT molecular complexity index is 820. The maximum atomic E-state index is 12.3. The molecule has 1 saturated heterocycles. The molecule has 1 aromatic carbocycles. The zero-order valence-electron chi connectivity index (χ0n) is 11.0. The number of benzene rings is 1. The van der Waals surface area contributed by atoms with Crippen molar-refractivity contribution < 1.29 is 19.1 Å². The fourth-order valence-corrected chi connectivity index (χ4v) is 3.38. The van der Waals surface area contributed by atoms with Gasteiger partial charge in [-0.1, -0.05) is 23.2 Å². The number of furan rings is 1. The zero-order chi connectivity index (χ0) is 15.9. The van der Waals surface area contributed by atoms with E-state index in [1.165, 1.54) is 18.2 Å². The molecule has 1 aliphatic heterocycles. The molecule has 0 bridgehead atoms. The number of carbonyl (C=O) groups excluding carboxylic acids is 1. The van der Waals surface area contributed by atoms with Gasteiger partial charge in [0.15, 0.2) is 11.4 Å². The second-order valence-electron chi connectivity index (χ2n) is 4.53. The van der Waals surface area contributed by atoms with Gasteiger partial charge in [0.25, 0.3) is 0 Å². The summed E-state index contributed by atoms with van der Waals surface area (Å²) in [4.78, 5) is 23.3. The van der Waals surface area contributed by atoms with Crippen molar-refractivity contribution in [3.05, 3.63) is 44.6 Å². The average Bonchev–Trinajstić information content (AvgIpc) is 3.11. The van der Waals surface area contributed by atoms with Crippen LogP contribution in [-0.4, -0.2) is 29.2 Å². The third-order valence-electron chi connectivity index (χ3n) is 3.09. The summed E-state index contributed by atoms with van der Waals surface area (Å²) >= 11 is 13.8. The van der Waals surface area contributed by atoms with Crippen LogP contribution in [-0.2, 0) is 0 Å². The Kier molecular flexibility index (Phi) is 4.08. The number of fused-ring (bicyclic) bond motifs is 1. The van der Waals surface area contributed by atoms with Crippen molar-refractivity contribution in [2.45, 2.75) is 0 Å². The molecule has 1 aromatic heterocycles. The van der Waals surface area contributed by atoms with Gasteiger partial charge in [0.1, 0.15) is 5.02 Å². The van der Waals surface area contributed by atoms with Crippen molar-refractivity contribution in [1.29, 1.82) is 0 Å². The van der Waals surface area contributed by atoms with Crippen LogP contribution in [0.5, 0.6) is 0 Å². The Hall–Kier alpha value is -1.63. The lowest BCUT2D eigenvalue weighted by Crippen LogP contribution is -2.07. The molecule has 1 fully saturated rings. The number of aromatic carboxylic acids is 1. The van der Waals surface area contributed by atoms with Gasteiger partial charge in [-0.2, -0.15) is 0 Å². The summed E-state index contributed by atoms with van der Waals surface area (Å²) in [7, 11) is 0. The minimum absolute atomic E-state index is 0.0282. The number of halogens is 2. The highest BCUT2D eigenvalue weighted by atomic mass is 35.5. The van der Waals surface area contributed by atoms with Crippen molar-refractivity contribution in [2.75, 3.05) is 12.3 Å². The van der Waals surface area contributed by atoms with Crippen LogP contribution in [0.3, 0.4) is 0 Å². The topological polar surface area (TPSA) is 79.5 Å². The van der Waals surface area contributed by atoms with Crippen molar-refractivity contribution >= 4 is 57.7 Å². The van der Waals surface area contributed by atoms with E-state index in [0.717, 1.165) is 17.3 Å². The van der Waals surface area contributed by atoms with Crippen molar-refractivity contribution in [2.24, 2.45) is 0 Å². The van der Waals surface area contributed by atoms with Crippen LogP contribution >= 0.6 is 35.0 Å². The Balaban J connectivity index is 2.09. The molecular formula is C14H9Cl2NO4S. The molecule has 114 valence electrons. The molecule has 22 heavy (non-hydrogen) atoms. The summed E-state index contributed by atoms with van der Waals surface area (Å²) in [6.45, 7) is 0.807. The van der Waals surface area contributed by atoms with Crippen molar-refractivity contribution in [3.63, 3.8) is 0 Å². The maximum Gasteiger partial charge on any atom is 0.371 e. The van der Waals surface area contributed by atoms with E-state index in [-0.39, 0.29) is 32.7 Å². The quantitative estimate of drug-likeness (QED) is 0.642. The number of thioether (sulfide) groups is 1. The molecule has 1 aliphatic rings. The van der Waals surface area contributed by atoms with Crippen LogP contribution < -0.4 is 5.32 Å². The smallest absolute Gasteiger partial charge is 0.371 e. The van der Waals surface area contributed by atoms with E-state index in [2.05, 4.69) is 5.32 Å². The second kappa shape index (κ2) is 5.87. The van der Waals surface area contributed by atoms with Gasteiger partial charge in [-0.05, 0) is 12.1 Å². The summed E-state index contributed by atoms with van der Waals surface area (Å²) in [5.41, 5.74) is 0.361. The zero-order valence-corrected chi connectivity index (χ0v) is 13.3. The van der Waals surface area contributed by atoms with Gasteiger partial charge in [0.2, 0.25) is 5.76 Å². The predicted molar refractivity (Wildman–Crippen MR) is 86.1 cm³/mol. The first-order valence-corrected chi connectivity index (χ1v) is 7.99. The Morgan fingerprint density at radius 1 is 1.32 bits per heavy atom. The standard InChI is InChI=1S/C14H9Cl2NO4S/c15-11-7(8(18)5-10-17-1-2-22-10)3-6-4-9(14(19)20)21-13(6)12(11)16/h3-5,17H,1-2H2,(H,19,20)/b10-5-. The number of carboxylic acids is 1. The Morgan fingerprint density at radius 3 is 2.73 bits per heavy atom. The van der Waals surface area contributed by atoms with E-state index >= 15 is 0 Å². The molecule has 2 aromatic rings. The van der Waals surface area contributed by atoms with E-state index in [1.807, 2.05) is 0 Å². The SMILES string of the molecule is O=C(O)c1cc2cc(C(=O)/C=C3/NCCS3)c(Cl)c(Cl)c2o1. The van der Waals surface area contributed by atoms with Gasteiger partial charge in [0.05, 0.1) is 10.1 Å². The number of allylic oxidation sites excluding steroid dienone is 1. The van der Waals surface area contributed by atoms with Gasteiger partial charge in [-0.25, -0.2) is 4.79 Å². The number of hydrogen-bond acceptors (Lipinski definition) is 5. The number of rotatable bonds is 3. The highest BCUT2D eigenvalue weighted by Crippen LogP contribution is 2.36. The lowest BCUT2D eigenvalue weighted by Gasteiger charge is -2.04. The first-order valence-electron chi connectivity index (χ1n) is 6.25. The Labute approximate surface area is 139 Å². The molecule has 0 atom stereocenters. The van der Waals surface area contributed by atoms with Gasteiger partial charge >= 0.3 is 5.97 Å². The lowest BCUT2D eigenvalue weighted by atomic mass is 10.1. The number of carboxylic acid groups (broad SMARTS) is 1. The first-order chi connectivity index (χ1) is 10.5. The largest absolute Gasteiger partial charge is 0.475 e. The van der Waals surface area contributed by atoms with Crippen LogP contribution in [0.15, 0.2) is 27.7 Å². The van der Waals surface area contributed by atoms with Crippen molar-refractivity contribution in [3.8, 4) is 0 Å². The molecular weight excluding hydrogens is 349 g/mol. The molecule has 0 aliphatic carbocycles. The second-order valence-corrected chi connectivity index (χ2v) is 6.43. The fourth-order valence-electron chi connectivity index (χ4n) is 2.08. The minimum Gasteiger partial charge on any atom is -0.475 e. The summed E-state index contributed by atoms with van der Waals surface area (Å²) in [5.74, 6) is -0.881. The van der Waals surface area contributed by atoms with E-state index in [9.17, 15) is 9.59 Å². The van der Waals surface area contributed by atoms with E-state index in [4.69, 9.17) is 32.7 Å². The van der Waals surface area contributed by atoms with Crippen molar-refractivity contribution in [1.82, 2.24) is 5.32 Å². The van der Waals surface area contributed by atoms with E-state index < -0.39 is 5.97 Å². The molecule has 0 amide bonds. The minimum atomic E-state index is -1.22. The maximum absolute atomic E-state index is 12.3. The summed E-state index contributed by atoms with van der Waals surface area (Å²) in [5, 5.41) is 13.3. The molecule has 0 radical (unpaired) electrons. The normalized spacial score (nSPS) is 16.2. The van der Waals surface area contributed by atoms with Crippen LogP contribution in [0.25, 0.3) is 11.0 Å². The van der Waals surface area contributed by atoms with Crippen LogP contribution in [0.2, 0.25) is 10.0 Å². The number of ketones is 1. The summed E-state index contributed by atoms with van der Waals surface area (Å²) in [6.07, 6.45) is 1.46. The van der Waals surface area contributed by atoms with Gasteiger partial charge in [-0.3, -0.25) is 4.79 Å². The molecule has 0 saturated carbocycles. The fraction of sp³-hybridized carbons (Fsp3) is 0.143. The number of hydrogen-bond donors (Lipinski definition) is 2.